The number of carbonyl (C=O) groups excluding carboxylic acids is 1. The van der Waals surface area contributed by atoms with E-state index in [2.05, 4.69) is 26.6 Å². The van der Waals surface area contributed by atoms with E-state index in [0.29, 0.717) is 16.9 Å². The van der Waals surface area contributed by atoms with Crippen LogP contribution in [0.5, 0.6) is 0 Å². The van der Waals surface area contributed by atoms with Gasteiger partial charge in [0.1, 0.15) is 4.99 Å². The number of rotatable bonds is 3. The van der Waals surface area contributed by atoms with E-state index < -0.39 is 0 Å². The summed E-state index contributed by atoms with van der Waals surface area (Å²) in [5.41, 5.74) is 7.52. The van der Waals surface area contributed by atoms with Crippen molar-refractivity contribution in [3.63, 3.8) is 0 Å². The highest BCUT2D eigenvalue weighted by atomic mass is 79.9. The molecule has 2 rings (SSSR count). The SMILES string of the molecule is NC(=S)c1ccc(Br)cc1NC(=O)Nc1ccccc1. The predicted octanol–water partition coefficient (Wildman–Crippen LogP) is 3.73. The van der Waals surface area contributed by atoms with Gasteiger partial charge in [-0.15, -0.1) is 0 Å². The van der Waals surface area contributed by atoms with Crippen LogP contribution in [0.1, 0.15) is 5.56 Å². The number of thiocarbonyl (C=S) groups is 1. The number of carbonyl (C=O) groups is 1. The summed E-state index contributed by atoms with van der Waals surface area (Å²) in [6.07, 6.45) is 0. The zero-order valence-corrected chi connectivity index (χ0v) is 12.8. The van der Waals surface area contributed by atoms with Gasteiger partial charge >= 0.3 is 6.03 Å². The summed E-state index contributed by atoms with van der Waals surface area (Å²) in [7, 11) is 0. The molecule has 0 spiro atoms. The Morgan fingerprint density at radius 3 is 2.45 bits per heavy atom. The van der Waals surface area contributed by atoms with E-state index in [1.165, 1.54) is 0 Å². The molecular weight excluding hydrogens is 338 g/mol. The van der Waals surface area contributed by atoms with Crippen molar-refractivity contribution in [1.82, 2.24) is 0 Å². The lowest BCUT2D eigenvalue weighted by Gasteiger charge is -2.11. The maximum atomic E-state index is 11.9. The minimum atomic E-state index is -0.355. The van der Waals surface area contributed by atoms with E-state index in [0.717, 1.165) is 4.47 Å². The maximum absolute atomic E-state index is 11.9. The number of anilines is 2. The summed E-state index contributed by atoms with van der Waals surface area (Å²) >= 11 is 8.31. The number of urea groups is 1. The van der Waals surface area contributed by atoms with Crippen LogP contribution >= 0.6 is 28.1 Å². The average Bonchev–Trinajstić information content (AvgIpc) is 2.39. The first-order chi connectivity index (χ1) is 9.56. The van der Waals surface area contributed by atoms with Crippen LogP contribution < -0.4 is 16.4 Å². The van der Waals surface area contributed by atoms with Crippen molar-refractivity contribution in [2.75, 3.05) is 10.6 Å². The molecule has 0 saturated heterocycles. The number of hydrogen-bond donors (Lipinski definition) is 3. The summed E-state index contributed by atoms with van der Waals surface area (Å²) in [6.45, 7) is 0. The summed E-state index contributed by atoms with van der Waals surface area (Å²) < 4.78 is 0.826. The summed E-state index contributed by atoms with van der Waals surface area (Å²) in [5, 5.41) is 5.46. The molecule has 6 heteroatoms. The van der Waals surface area contributed by atoms with Crippen LogP contribution in [0.2, 0.25) is 0 Å². The van der Waals surface area contributed by atoms with Crippen molar-refractivity contribution in [3.05, 3.63) is 58.6 Å². The van der Waals surface area contributed by atoms with Gasteiger partial charge in [0.2, 0.25) is 0 Å². The molecule has 2 aromatic carbocycles. The van der Waals surface area contributed by atoms with E-state index in [4.69, 9.17) is 18.0 Å². The Bertz CT molecular complexity index is 646. The van der Waals surface area contributed by atoms with Crippen molar-refractivity contribution in [3.8, 4) is 0 Å². The molecule has 0 atom stereocenters. The van der Waals surface area contributed by atoms with Crippen LogP contribution in [0.4, 0.5) is 16.2 Å². The van der Waals surface area contributed by atoms with Crippen LogP contribution in [0.3, 0.4) is 0 Å². The molecule has 0 aliphatic heterocycles. The molecule has 0 saturated carbocycles. The molecule has 0 aliphatic carbocycles. The highest BCUT2D eigenvalue weighted by Crippen LogP contribution is 2.21. The number of benzene rings is 2. The zero-order chi connectivity index (χ0) is 14.5. The Kier molecular flexibility index (Phi) is 4.70. The molecule has 102 valence electrons. The summed E-state index contributed by atoms with van der Waals surface area (Å²) in [4.78, 5) is 12.2. The van der Waals surface area contributed by atoms with Gasteiger partial charge in [-0.05, 0) is 30.3 Å². The second-order valence-corrected chi connectivity index (χ2v) is 5.35. The third-order valence-electron chi connectivity index (χ3n) is 2.53. The van der Waals surface area contributed by atoms with Gasteiger partial charge in [-0.25, -0.2) is 4.79 Å². The van der Waals surface area contributed by atoms with Crippen LogP contribution in [-0.4, -0.2) is 11.0 Å². The first kappa shape index (κ1) is 14.5. The topological polar surface area (TPSA) is 67.1 Å². The van der Waals surface area contributed by atoms with Gasteiger partial charge in [0, 0.05) is 15.7 Å². The normalized spacial score (nSPS) is 9.85. The lowest BCUT2D eigenvalue weighted by atomic mass is 10.2. The Morgan fingerprint density at radius 1 is 1.10 bits per heavy atom. The molecular formula is C14H12BrN3OS. The Hall–Kier alpha value is -1.92. The van der Waals surface area contributed by atoms with Crippen molar-refractivity contribution in [2.24, 2.45) is 5.73 Å². The molecule has 20 heavy (non-hydrogen) atoms. The smallest absolute Gasteiger partial charge is 0.323 e. The molecule has 0 aliphatic rings. The minimum absolute atomic E-state index is 0.229. The molecule has 4 N–H and O–H groups in total. The highest BCUT2D eigenvalue weighted by Gasteiger charge is 2.09. The number of halogens is 1. The van der Waals surface area contributed by atoms with E-state index >= 15 is 0 Å². The van der Waals surface area contributed by atoms with Crippen molar-refractivity contribution in [2.45, 2.75) is 0 Å². The fraction of sp³-hybridized carbons (Fsp3) is 0. The van der Waals surface area contributed by atoms with Gasteiger partial charge in [0.05, 0.1) is 5.69 Å². The van der Waals surface area contributed by atoms with Crippen LogP contribution in [-0.2, 0) is 0 Å². The largest absolute Gasteiger partial charge is 0.389 e. The average molecular weight is 350 g/mol. The van der Waals surface area contributed by atoms with Crippen molar-refractivity contribution < 1.29 is 4.79 Å². The lowest BCUT2D eigenvalue weighted by Crippen LogP contribution is -2.22. The molecule has 0 fully saturated rings. The molecule has 0 heterocycles. The van der Waals surface area contributed by atoms with E-state index in [1.54, 1.807) is 24.3 Å². The van der Waals surface area contributed by atoms with E-state index in [-0.39, 0.29) is 11.0 Å². The molecule has 2 aromatic rings. The van der Waals surface area contributed by atoms with E-state index in [1.807, 2.05) is 24.3 Å². The minimum Gasteiger partial charge on any atom is -0.389 e. The predicted molar refractivity (Wildman–Crippen MR) is 89.1 cm³/mol. The highest BCUT2D eigenvalue weighted by molar-refractivity contribution is 9.10. The number of para-hydroxylation sites is 1. The number of amides is 2. The quantitative estimate of drug-likeness (QED) is 0.739. The third kappa shape index (κ3) is 3.79. The monoisotopic (exact) mass is 349 g/mol. The molecule has 2 amide bonds. The molecule has 0 aromatic heterocycles. The van der Waals surface area contributed by atoms with Gasteiger partial charge in [-0.3, -0.25) is 0 Å². The zero-order valence-electron chi connectivity index (χ0n) is 10.4. The van der Waals surface area contributed by atoms with Crippen molar-refractivity contribution in [1.29, 1.82) is 0 Å². The second kappa shape index (κ2) is 6.49. The van der Waals surface area contributed by atoms with Gasteiger partial charge in [-0.2, -0.15) is 0 Å². The molecule has 0 radical (unpaired) electrons. The first-order valence-electron chi connectivity index (χ1n) is 5.78. The van der Waals surface area contributed by atoms with Crippen LogP contribution in [0.25, 0.3) is 0 Å². The lowest BCUT2D eigenvalue weighted by molar-refractivity contribution is 0.262. The third-order valence-corrected chi connectivity index (χ3v) is 3.24. The Balaban J connectivity index is 2.15. The van der Waals surface area contributed by atoms with E-state index in [9.17, 15) is 4.79 Å². The van der Waals surface area contributed by atoms with Gasteiger partial charge in [0.25, 0.3) is 0 Å². The standard InChI is InChI=1S/C14H12BrN3OS/c15-9-6-7-11(13(16)20)12(8-9)18-14(19)17-10-4-2-1-3-5-10/h1-8H,(H2,16,20)(H2,17,18,19). The van der Waals surface area contributed by atoms with Gasteiger partial charge < -0.3 is 16.4 Å². The number of nitrogens with one attached hydrogen (secondary N) is 2. The van der Waals surface area contributed by atoms with Gasteiger partial charge in [-0.1, -0.05) is 46.3 Å². The van der Waals surface area contributed by atoms with Crippen LogP contribution in [0, 0.1) is 0 Å². The fourth-order valence-electron chi connectivity index (χ4n) is 1.64. The molecule has 4 nitrogen and oxygen atoms in total. The van der Waals surface area contributed by atoms with Crippen LogP contribution in [0.15, 0.2) is 53.0 Å². The second-order valence-electron chi connectivity index (χ2n) is 4.00. The first-order valence-corrected chi connectivity index (χ1v) is 6.99. The number of hydrogen-bond acceptors (Lipinski definition) is 2. The fourth-order valence-corrected chi connectivity index (χ4v) is 2.18. The Labute approximate surface area is 130 Å². The Morgan fingerprint density at radius 2 is 1.80 bits per heavy atom. The van der Waals surface area contributed by atoms with Crippen molar-refractivity contribution >= 4 is 50.5 Å². The number of nitrogens with two attached hydrogens (primary N) is 1. The molecule has 0 unspecified atom stereocenters. The maximum Gasteiger partial charge on any atom is 0.323 e. The summed E-state index contributed by atoms with van der Waals surface area (Å²) in [6, 6.07) is 14.1. The molecule has 0 bridgehead atoms. The summed E-state index contributed by atoms with van der Waals surface area (Å²) in [5.74, 6) is 0. The van der Waals surface area contributed by atoms with Gasteiger partial charge in [0.15, 0.2) is 0 Å².